The Morgan fingerprint density at radius 2 is 2.23 bits per heavy atom. The van der Waals surface area contributed by atoms with Crippen LogP contribution >= 0.6 is 0 Å². The van der Waals surface area contributed by atoms with Crippen LogP contribution in [0.3, 0.4) is 0 Å². The second kappa shape index (κ2) is 4.25. The maximum absolute atomic E-state index is 9.22. The van der Waals surface area contributed by atoms with Gasteiger partial charge in [-0.15, -0.1) is 0 Å². The minimum absolute atomic E-state index is 0.333. The number of rotatable bonds is 0. The highest BCUT2D eigenvalue weighted by molar-refractivity contribution is 5.73. The third-order valence-electron chi connectivity index (χ3n) is 1.32. The topological polar surface area (TPSA) is 71.8 Å². The highest BCUT2D eigenvalue weighted by Crippen LogP contribution is 2.05. The van der Waals surface area contributed by atoms with Crippen molar-refractivity contribution < 1.29 is 4.79 Å². The van der Waals surface area contributed by atoms with E-state index in [0.717, 1.165) is 11.0 Å². The average molecular weight is 177 g/mol. The molecule has 0 atom stereocenters. The van der Waals surface area contributed by atoms with Gasteiger partial charge in [-0.1, -0.05) is 0 Å². The van der Waals surface area contributed by atoms with Gasteiger partial charge in [0.1, 0.15) is 0 Å². The Bertz CT molecular complexity index is 360. The predicted octanol–water partition coefficient (Wildman–Crippen LogP) is 1.05. The summed E-state index contributed by atoms with van der Waals surface area (Å²) in [5, 5.41) is 0. The van der Waals surface area contributed by atoms with E-state index in [9.17, 15) is 4.79 Å². The molecule has 3 N–H and O–H groups in total. The van der Waals surface area contributed by atoms with Crippen LogP contribution in [0.4, 0.5) is 0 Å². The lowest BCUT2D eigenvalue weighted by Crippen LogP contribution is -2.01. The molecule has 2 rings (SSSR count). The number of aromatic amines is 1. The van der Waals surface area contributed by atoms with Crippen LogP contribution in [0.15, 0.2) is 30.6 Å². The minimum Gasteiger partial charge on any atom is -0.370 e. The SMILES string of the molecule is CC(N)=O.c1cnc2cc[nH]c2c1. The van der Waals surface area contributed by atoms with Crippen LogP contribution in [0.5, 0.6) is 0 Å². The fourth-order valence-corrected chi connectivity index (χ4v) is 0.883. The number of fused-ring (bicyclic) bond motifs is 1. The second-order valence-electron chi connectivity index (χ2n) is 2.52. The number of H-pyrrole nitrogens is 1. The highest BCUT2D eigenvalue weighted by Gasteiger charge is 1.88. The lowest BCUT2D eigenvalue weighted by Gasteiger charge is -1.82. The third kappa shape index (κ3) is 2.94. The number of aromatic nitrogens is 2. The summed E-state index contributed by atoms with van der Waals surface area (Å²) in [7, 11) is 0. The van der Waals surface area contributed by atoms with Crippen molar-refractivity contribution in [3.8, 4) is 0 Å². The van der Waals surface area contributed by atoms with Crippen molar-refractivity contribution in [3.63, 3.8) is 0 Å². The molecular weight excluding hydrogens is 166 g/mol. The molecule has 0 bridgehead atoms. The Labute approximate surface area is 75.8 Å². The van der Waals surface area contributed by atoms with E-state index >= 15 is 0 Å². The molecule has 13 heavy (non-hydrogen) atoms. The molecule has 4 heteroatoms. The van der Waals surface area contributed by atoms with E-state index in [1.165, 1.54) is 6.92 Å². The standard InChI is InChI=1S/C7H6N2.C2H5NO/c1-2-6-7(8-4-1)3-5-9-6;1-2(3)4/h1-5,9H;1H3,(H2,3,4). The first-order valence-electron chi connectivity index (χ1n) is 3.84. The first-order valence-corrected chi connectivity index (χ1v) is 3.84. The number of nitrogens with zero attached hydrogens (tertiary/aromatic N) is 1. The van der Waals surface area contributed by atoms with Gasteiger partial charge in [0.25, 0.3) is 0 Å². The number of primary amides is 1. The number of carbonyl (C=O) groups excluding carboxylic acids is 1. The monoisotopic (exact) mass is 177 g/mol. The summed E-state index contributed by atoms with van der Waals surface area (Å²) in [5.74, 6) is -0.333. The van der Waals surface area contributed by atoms with E-state index in [1.807, 2.05) is 24.4 Å². The number of hydrogen-bond acceptors (Lipinski definition) is 2. The van der Waals surface area contributed by atoms with Crippen LogP contribution in [0.1, 0.15) is 6.92 Å². The number of carbonyl (C=O) groups is 1. The summed E-state index contributed by atoms with van der Waals surface area (Å²) < 4.78 is 0. The van der Waals surface area contributed by atoms with Crippen molar-refractivity contribution in [3.05, 3.63) is 30.6 Å². The quantitative estimate of drug-likeness (QED) is 0.631. The molecule has 0 saturated heterocycles. The van der Waals surface area contributed by atoms with Gasteiger partial charge in [-0.25, -0.2) is 0 Å². The van der Waals surface area contributed by atoms with Gasteiger partial charge >= 0.3 is 0 Å². The smallest absolute Gasteiger partial charge is 0.214 e. The molecule has 0 aliphatic rings. The normalized spacial score (nSPS) is 9.00. The van der Waals surface area contributed by atoms with Crippen LogP contribution in [-0.4, -0.2) is 15.9 Å². The van der Waals surface area contributed by atoms with Crippen molar-refractivity contribution in [2.24, 2.45) is 5.73 Å². The van der Waals surface area contributed by atoms with Gasteiger partial charge in [-0.2, -0.15) is 0 Å². The summed E-state index contributed by atoms with van der Waals surface area (Å²) in [4.78, 5) is 16.4. The maximum atomic E-state index is 9.22. The van der Waals surface area contributed by atoms with Crippen molar-refractivity contribution in [2.45, 2.75) is 6.92 Å². The molecule has 2 heterocycles. The Hall–Kier alpha value is -1.84. The number of nitrogens with one attached hydrogen (secondary N) is 1. The Balaban J connectivity index is 0.000000184. The van der Waals surface area contributed by atoms with Crippen LogP contribution in [-0.2, 0) is 4.79 Å². The molecular formula is C9H11N3O. The molecule has 0 saturated carbocycles. The molecule has 0 aliphatic carbocycles. The molecule has 0 radical (unpaired) electrons. The first-order chi connectivity index (χ1) is 6.20. The molecule has 0 spiro atoms. The highest BCUT2D eigenvalue weighted by atomic mass is 16.1. The molecule has 2 aromatic rings. The largest absolute Gasteiger partial charge is 0.370 e. The summed E-state index contributed by atoms with van der Waals surface area (Å²) >= 11 is 0. The first kappa shape index (κ1) is 9.25. The van der Waals surface area contributed by atoms with Crippen LogP contribution in [0.25, 0.3) is 11.0 Å². The Morgan fingerprint density at radius 1 is 1.54 bits per heavy atom. The van der Waals surface area contributed by atoms with Gasteiger partial charge in [-0.3, -0.25) is 9.78 Å². The molecule has 1 amide bonds. The Kier molecular flexibility index (Phi) is 3.03. The van der Waals surface area contributed by atoms with E-state index < -0.39 is 0 Å². The van der Waals surface area contributed by atoms with Crippen LogP contribution in [0.2, 0.25) is 0 Å². The van der Waals surface area contributed by atoms with E-state index in [-0.39, 0.29) is 5.91 Å². The second-order valence-corrected chi connectivity index (χ2v) is 2.52. The van der Waals surface area contributed by atoms with Gasteiger partial charge in [0.2, 0.25) is 5.91 Å². The lowest BCUT2D eigenvalue weighted by molar-refractivity contribution is -0.115. The van der Waals surface area contributed by atoms with Gasteiger partial charge in [0, 0.05) is 19.3 Å². The molecule has 0 aliphatic heterocycles. The van der Waals surface area contributed by atoms with Crippen LogP contribution < -0.4 is 5.73 Å². The number of amides is 1. The van der Waals surface area contributed by atoms with Gasteiger partial charge < -0.3 is 10.7 Å². The third-order valence-corrected chi connectivity index (χ3v) is 1.32. The number of pyridine rings is 1. The molecule has 68 valence electrons. The minimum atomic E-state index is -0.333. The van der Waals surface area contributed by atoms with Crippen molar-refractivity contribution >= 4 is 16.9 Å². The van der Waals surface area contributed by atoms with E-state index in [0.29, 0.717) is 0 Å². The maximum Gasteiger partial charge on any atom is 0.214 e. The summed E-state index contributed by atoms with van der Waals surface area (Å²) in [6, 6.07) is 5.87. The molecule has 0 fully saturated rings. The zero-order valence-corrected chi connectivity index (χ0v) is 7.32. The summed E-state index contributed by atoms with van der Waals surface area (Å²) in [6.07, 6.45) is 3.67. The van der Waals surface area contributed by atoms with Crippen molar-refractivity contribution in [2.75, 3.05) is 0 Å². The lowest BCUT2D eigenvalue weighted by atomic mass is 10.4. The van der Waals surface area contributed by atoms with Gasteiger partial charge in [0.05, 0.1) is 11.0 Å². The number of hydrogen-bond donors (Lipinski definition) is 2. The van der Waals surface area contributed by atoms with Gasteiger partial charge in [0.15, 0.2) is 0 Å². The van der Waals surface area contributed by atoms with Crippen LogP contribution in [0, 0.1) is 0 Å². The van der Waals surface area contributed by atoms with Crippen molar-refractivity contribution in [1.82, 2.24) is 9.97 Å². The van der Waals surface area contributed by atoms with E-state index in [4.69, 9.17) is 0 Å². The fraction of sp³-hybridized carbons (Fsp3) is 0.111. The zero-order valence-electron chi connectivity index (χ0n) is 7.32. The molecule has 2 aromatic heterocycles. The van der Waals surface area contributed by atoms with E-state index in [2.05, 4.69) is 15.7 Å². The Morgan fingerprint density at radius 3 is 2.85 bits per heavy atom. The zero-order chi connectivity index (χ0) is 9.68. The van der Waals surface area contributed by atoms with Gasteiger partial charge in [-0.05, 0) is 18.2 Å². The molecule has 4 nitrogen and oxygen atoms in total. The van der Waals surface area contributed by atoms with Crippen molar-refractivity contribution in [1.29, 1.82) is 0 Å². The number of nitrogens with two attached hydrogens (primary N) is 1. The summed E-state index contributed by atoms with van der Waals surface area (Å²) in [6.45, 7) is 1.31. The fourth-order valence-electron chi connectivity index (χ4n) is 0.883. The molecule has 0 aromatic carbocycles. The average Bonchev–Trinajstić information content (AvgIpc) is 2.49. The van der Waals surface area contributed by atoms with E-state index in [1.54, 1.807) is 6.20 Å². The predicted molar refractivity (Wildman–Crippen MR) is 51.0 cm³/mol. The summed E-state index contributed by atoms with van der Waals surface area (Å²) in [5.41, 5.74) is 6.59. The molecule has 0 unspecified atom stereocenters.